The molecule has 0 radical (unpaired) electrons. The molecule has 1 saturated heterocycles. The molecule has 4 aromatic rings. The zero-order valence-corrected chi connectivity index (χ0v) is 31.0. The predicted octanol–water partition coefficient (Wildman–Crippen LogP) is 8.86. The van der Waals surface area contributed by atoms with Crippen LogP contribution in [-0.2, 0) is 31.9 Å². The highest BCUT2D eigenvalue weighted by atomic mass is 35.5. The fraction of sp³-hybridized carbons (Fsp3) is 0.386. The van der Waals surface area contributed by atoms with Crippen LogP contribution >= 0.6 is 11.6 Å². The molecule has 3 atom stereocenters. The van der Waals surface area contributed by atoms with E-state index in [2.05, 4.69) is 41.7 Å². The third-order valence-corrected chi connectivity index (χ3v) is 11.1. The average molecular weight is 719 g/mol. The number of amides is 2. The number of likely N-dealkylation sites (tertiary alicyclic amines) is 1. The molecule has 1 heterocycles. The number of hydrogen-bond acceptors (Lipinski definition) is 5. The van der Waals surface area contributed by atoms with E-state index in [1.54, 1.807) is 0 Å². The molecule has 0 aromatic heterocycles. The number of benzene rings is 4. The average Bonchev–Trinajstić information content (AvgIpc) is 3.69. The van der Waals surface area contributed by atoms with Crippen LogP contribution in [0.2, 0.25) is 5.02 Å². The van der Waals surface area contributed by atoms with Crippen molar-refractivity contribution in [3.05, 3.63) is 130 Å². The zero-order chi connectivity index (χ0) is 36.5. The number of alkyl carbamates (subject to hydrolysis) is 1. The second kappa shape index (κ2) is 14.8. The topological polar surface area (TPSA) is 84.9 Å². The van der Waals surface area contributed by atoms with E-state index >= 15 is 0 Å². The first-order valence-electron chi connectivity index (χ1n) is 18.4. The molecule has 8 heteroatoms. The normalized spacial score (nSPS) is 20.0. The Labute approximate surface area is 311 Å². The van der Waals surface area contributed by atoms with Crippen LogP contribution in [0.15, 0.2) is 97.1 Å². The van der Waals surface area contributed by atoms with Crippen molar-refractivity contribution in [3.63, 3.8) is 0 Å². The third kappa shape index (κ3) is 7.75. The van der Waals surface area contributed by atoms with Gasteiger partial charge < -0.3 is 19.7 Å². The number of ether oxygens (including phenoxy) is 2. The lowest BCUT2D eigenvalue weighted by molar-refractivity contribution is -0.159. The summed E-state index contributed by atoms with van der Waals surface area (Å²) in [6.07, 6.45) is 2.97. The lowest BCUT2D eigenvalue weighted by Crippen LogP contribution is -2.61. The number of nitrogens with zero attached hydrogens (tertiary/aromatic N) is 1. The number of carbonyl (C=O) groups is 3. The van der Waals surface area contributed by atoms with Crippen LogP contribution in [0.5, 0.6) is 0 Å². The molecule has 0 saturated carbocycles. The van der Waals surface area contributed by atoms with Crippen molar-refractivity contribution in [1.29, 1.82) is 0 Å². The van der Waals surface area contributed by atoms with E-state index in [1.165, 1.54) is 16.7 Å². The van der Waals surface area contributed by atoms with Crippen molar-refractivity contribution in [2.45, 2.75) is 82.3 Å². The molecule has 0 unspecified atom stereocenters. The number of halogens is 1. The monoisotopic (exact) mass is 718 g/mol. The van der Waals surface area contributed by atoms with Gasteiger partial charge >= 0.3 is 12.1 Å². The molecule has 270 valence electrons. The van der Waals surface area contributed by atoms with E-state index in [1.807, 2.05) is 86.3 Å². The van der Waals surface area contributed by atoms with E-state index in [4.69, 9.17) is 21.1 Å². The largest absolute Gasteiger partial charge is 0.460 e. The quantitative estimate of drug-likeness (QED) is 0.175. The molecule has 1 aliphatic heterocycles. The minimum Gasteiger partial charge on any atom is -0.460 e. The number of hydrogen-bond donors (Lipinski definition) is 1. The van der Waals surface area contributed by atoms with Gasteiger partial charge in [0.2, 0.25) is 5.91 Å². The summed E-state index contributed by atoms with van der Waals surface area (Å²) in [6, 6.07) is 32.4. The van der Waals surface area contributed by atoms with Gasteiger partial charge in [0.25, 0.3) is 0 Å². The Morgan fingerprint density at radius 3 is 2.19 bits per heavy atom. The Hall–Kier alpha value is -4.62. The van der Waals surface area contributed by atoms with Crippen molar-refractivity contribution in [3.8, 4) is 11.1 Å². The van der Waals surface area contributed by atoms with Crippen LogP contribution < -0.4 is 5.32 Å². The lowest BCUT2D eigenvalue weighted by atomic mass is 9.80. The minimum atomic E-state index is -0.797. The highest BCUT2D eigenvalue weighted by molar-refractivity contribution is 6.30. The summed E-state index contributed by atoms with van der Waals surface area (Å²) in [4.78, 5) is 43.8. The van der Waals surface area contributed by atoms with Crippen LogP contribution in [-0.4, -0.2) is 53.7 Å². The van der Waals surface area contributed by atoms with Gasteiger partial charge in [-0.25, -0.2) is 4.79 Å². The van der Waals surface area contributed by atoms with Crippen LogP contribution in [0.25, 0.3) is 11.1 Å². The van der Waals surface area contributed by atoms with Crippen LogP contribution in [0.4, 0.5) is 4.79 Å². The SMILES string of the molecule is CC(C)(C)OC(=O)C[C@H](C(=O)N1CCC[C@](Cc2ccc(Cl)cc2)(NC(=O)OCC2c3ccccc3-c3ccccc32)C1)[C@@H]1CCc2ccccc21. The summed E-state index contributed by atoms with van der Waals surface area (Å²) in [6.45, 7) is 6.55. The van der Waals surface area contributed by atoms with Crippen molar-refractivity contribution in [1.82, 2.24) is 10.2 Å². The number of carbonyl (C=O) groups excluding carboxylic acids is 3. The van der Waals surface area contributed by atoms with Crippen molar-refractivity contribution >= 4 is 29.6 Å². The van der Waals surface area contributed by atoms with Gasteiger partial charge in [0.05, 0.1) is 17.9 Å². The van der Waals surface area contributed by atoms with Crippen LogP contribution in [0, 0.1) is 5.92 Å². The summed E-state index contributed by atoms with van der Waals surface area (Å²) in [5.74, 6) is -1.21. The summed E-state index contributed by atoms with van der Waals surface area (Å²) in [5, 5.41) is 3.90. The van der Waals surface area contributed by atoms with Gasteiger partial charge in [0.1, 0.15) is 12.2 Å². The van der Waals surface area contributed by atoms with Crippen molar-refractivity contribution in [2.75, 3.05) is 19.7 Å². The standard InChI is InChI=1S/C44H47ClN2O5/c1-43(2,3)52-40(48)25-38(37-22-19-30-11-4-5-12-32(30)37)41(49)47-24-10-23-44(28-47,26-29-17-20-31(45)21-18-29)46-42(50)51-27-39-35-15-8-6-13-33(35)34-14-7-9-16-36(34)39/h4-9,11-18,20-21,37-39H,10,19,22-28H2,1-3H3,(H,46,50)/t37-,38+,44-/m1/s1. The predicted molar refractivity (Wildman–Crippen MR) is 203 cm³/mol. The van der Waals surface area contributed by atoms with Crippen LogP contribution in [0.1, 0.15) is 86.1 Å². The molecule has 1 fully saturated rings. The highest BCUT2D eigenvalue weighted by Gasteiger charge is 2.44. The summed E-state index contributed by atoms with van der Waals surface area (Å²) >= 11 is 6.25. The molecule has 7 rings (SSSR count). The molecule has 3 aliphatic rings. The fourth-order valence-corrected chi connectivity index (χ4v) is 8.79. The number of piperidine rings is 1. The van der Waals surface area contributed by atoms with Gasteiger partial charge in [-0.1, -0.05) is 96.5 Å². The Kier molecular flexibility index (Phi) is 10.2. The molecule has 1 N–H and O–H groups in total. The number of esters is 1. The van der Waals surface area contributed by atoms with Gasteiger partial charge in [-0.05, 0) is 110 Å². The van der Waals surface area contributed by atoms with E-state index in [-0.39, 0.29) is 43.3 Å². The van der Waals surface area contributed by atoms with Gasteiger partial charge in [0, 0.05) is 24.0 Å². The first-order chi connectivity index (χ1) is 25.0. The smallest absolute Gasteiger partial charge is 0.407 e. The summed E-state index contributed by atoms with van der Waals surface area (Å²) in [7, 11) is 0. The number of rotatable bonds is 9. The van der Waals surface area contributed by atoms with Crippen LogP contribution in [0.3, 0.4) is 0 Å². The minimum absolute atomic E-state index is 0.00437. The van der Waals surface area contributed by atoms with E-state index in [0.29, 0.717) is 30.8 Å². The van der Waals surface area contributed by atoms with Crippen molar-refractivity contribution in [2.24, 2.45) is 5.92 Å². The molecular weight excluding hydrogens is 672 g/mol. The second-order valence-electron chi connectivity index (χ2n) is 15.6. The maximum Gasteiger partial charge on any atom is 0.407 e. The summed E-state index contributed by atoms with van der Waals surface area (Å²) < 4.78 is 11.8. The molecular formula is C44H47ClN2O5. The maximum atomic E-state index is 14.8. The van der Waals surface area contributed by atoms with Gasteiger partial charge in [-0.2, -0.15) is 0 Å². The molecule has 52 heavy (non-hydrogen) atoms. The molecule has 4 aromatic carbocycles. The molecule has 0 bridgehead atoms. The molecule has 7 nitrogen and oxygen atoms in total. The van der Waals surface area contributed by atoms with E-state index < -0.39 is 23.2 Å². The summed E-state index contributed by atoms with van der Waals surface area (Å²) in [5.41, 5.74) is 6.51. The van der Waals surface area contributed by atoms with E-state index in [9.17, 15) is 14.4 Å². The first kappa shape index (κ1) is 35.8. The fourth-order valence-electron chi connectivity index (χ4n) is 8.66. The second-order valence-corrected chi connectivity index (χ2v) is 16.1. The molecule has 2 amide bonds. The Morgan fingerprint density at radius 1 is 0.885 bits per heavy atom. The number of nitrogens with one attached hydrogen (secondary N) is 1. The van der Waals surface area contributed by atoms with Gasteiger partial charge in [-0.3, -0.25) is 9.59 Å². The molecule has 0 spiro atoms. The van der Waals surface area contributed by atoms with Gasteiger partial charge in [-0.15, -0.1) is 0 Å². The Bertz CT molecular complexity index is 1910. The first-order valence-corrected chi connectivity index (χ1v) is 18.8. The zero-order valence-electron chi connectivity index (χ0n) is 30.2. The Morgan fingerprint density at radius 2 is 1.52 bits per heavy atom. The maximum absolute atomic E-state index is 14.8. The number of fused-ring (bicyclic) bond motifs is 4. The lowest BCUT2D eigenvalue weighted by Gasteiger charge is -2.44. The molecule has 2 aliphatic carbocycles. The highest BCUT2D eigenvalue weighted by Crippen LogP contribution is 2.45. The number of aryl methyl sites for hydroxylation is 1. The van der Waals surface area contributed by atoms with Crippen molar-refractivity contribution < 1.29 is 23.9 Å². The third-order valence-electron chi connectivity index (χ3n) is 10.8. The Balaban J connectivity index is 1.13. The van der Waals surface area contributed by atoms with Gasteiger partial charge in [0.15, 0.2) is 0 Å². The van der Waals surface area contributed by atoms with E-state index in [0.717, 1.165) is 35.1 Å².